The standard InChI is InChI=1S/C21H17N3O4/c1-27-19(25)12-22-21(26)16-13-24(15-8-3-2-4-9-15)23-20(16)18-11-14-7-5-6-10-17(14)28-18/h2-11,13H,12H2,1H3,(H,22,26). The van der Waals surface area contributed by atoms with Crippen molar-refractivity contribution in [1.82, 2.24) is 15.1 Å². The molecule has 7 heteroatoms. The maximum atomic E-state index is 12.7. The number of amides is 1. The van der Waals surface area contributed by atoms with Crippen LogP contribution in [0.4, 0.5) is 0 Å². The van der Waals surface area contributed by atoms with E-state index >= 15 is 0 Å². The molecular weight excluding hydrogens is 358 g/mol. The fraction of sp³-hybridized carbons (Fsp3) is 0.0952. The number of esters is 1. The fourth-order valence-electron chi connectivity index (χ4n) is 2.85. The smallest absolute Gasteiger partial charge is 0.325 e. The topological polar surface area (TPSA) is 86.4 Å². The van der Waals surface area contributed by atoms with E-state index in [1.54, 1.807) is 10.9 Å². The lowest BCUT2D eigenvalue weighted by molar-refractivity contribution is -0.139. The molecule has 0 saturated heterocycles. The number of para-hydroxylation sites is 2. The van der Waals surface area contributed by atoms with Gasteiger partial charge in [0.05, 0.1) is 18.4 Å². The van der Waals surface area contributed by atoms with Crippen LogP contribution in [0.2, 0.25) is 0 Å². The second kappa shape index (κ2) is 7.40. The van der Waals surface area contributed by atoms with Gasteiger partial charge < -0.3 is 14.5 Å². The summed E-state index contributed by atoms with van der Waals surface area (Å²) in [6, 6.07) is 18.8. The molecule has 0 atom stereocenters. The second-order valence-corrected chi connectivity index (χ2v) is 6.08. The van der Waals surface area contributed by atoms with Gasteiger partial charge in [-0.2, -0.15) is 5.10 Å². The number of carbonyl (C=O) groups is 2. The molecule has 4 aromatic rings. The van der Waals surface area contributed by atoms with Gasteiger partial charge in [0.2, 0.25) is 0 Å². The lowest BCUT2D eigenvalue weighted by Crippen LogP contribution is -2.30. The van der Waals surface area contributed by atoms with Crippen molar-refractivity contribution >= 4 is 22.8 Å². The van der Waals surface area contributed by atoms with Crippen molar-refractivity contribution in [1.29, 1.82) is 0 Å². The molecule has 0 aliphatic carbocycles. The molecule has 1 amide bonds. The van der Waals surface area contributed by atoms with Crippen LogP contribution in [-0.4, -0.2) is 35.3 Å². The number of carbonyl (C=O) groups excluding carboxylic acids is 2. The van der Waals surface area contributed by atoms with Crippen molar-refractivity contribution in [2.24, 2.45) is 0 Å². The minimum atomic E-state index is -0.533. The van der Waals surface area contributed by atoms with Crippen LogP contribution in [0.5, 0.6) is 0 Å². The van der Waals surface area contributed by atoms with Crippen LogP contribution in [0.3, 0.4) is 0 Å². The normalized spacial score (nSPS) is 10.8. The van der Waals surface area contributed by atoms with Crippen molar-refractivity contribution in [3.63, 3.8) is 0 Å². The summed E-state index contributed by atoms with van der Waals surface area (Å²) in [7, 11) is 1.27. The summed E-state index contributed by atoms with van der Waals surface area (Å²) < 4.78 is 12.1. The maximum Gasteiger partial charge on any atom is 0.325 e. The molecular formula is C21H17N3O4. The average molecular weight is 375 g/mol. The molecule has 0 saturated carbocycles. The molecule has 2 heterocycles. The molecule has 2 aromatic carbocycles. The molecule has 7 nitrogen and oxygen atoms in total. The van der Waals surface area contributed by atoms with E-state index in [9.17, 15) is 9.59 Å². The molecule has 4 rings (SSSR count). The third-order valence-corrected chi connectivity index (χ3v) is 4.26. The highest BCUT2D eigenvalue weighted by molar-refractivity contribution is 6.01. The summed E-state index contributed by atoms with van der Waals surface area (Å²) in [6.45, 7) is -0.231. The Balaban J connectivity index is 1.77. The summed E-state index contributed by atoms with van der Waals surface area (Å²) in [6.07, 6.45) is 1.62. The van der Waals surface area contributed by atoms with E-state index < -0.39 is 11.9 Å². The van der Waals surface area contributed by atoms with Crippen LogP contribution in [0.1, 0.15) is 10.4 Å². The van der Waals surface area contributed by atoms with Gasteiger partial charge in [0, 0.05) is 11.6 Å². The van der Waals surface area contributed by atoms with Gasteiger partial charge in [-0.3, -0.25) is 9.59 Å². The zero-order chi connectivity index (χ0) is 19.5. The lowest BCUT2D eigenvalue weighted by atomic mass is 10.2. The number of hydrogen-bond acceptors (Lipinski definition) is 5. The summed E-state index contributed by atoms with van der Waals surface area (Å²) >= 11 is 0. The number of ether oxygens (including phenoxy) is 1. The largest absolute Gasteiger partial charge is 0.468 e. The van der Waals surface area contributed by atoms with Crippen molar-refractivity contribution in [2.75, 3.05) is 13.7 Å². The Hall–Kier alpha value is -3.87. The van der Waals surface area contributed by atoms with Crippen LogP contribution in [0, 0.1) is 0 Å². The maximum absolute atomic E-state index is 12.7. The molecule has 28 heavy (non-hydrogen) atoms. The Bertz CT molecular complexity index is 1110. The Labute approximate surface area is 160 Å². The number of benzene rings is 2. The van der Waals surface area contributed by atoms with E-state index in [1.807, 2.05) is 60.7 Å². The van der Waals surface area contributed by atoms with Crippen LogP contribution in [0.25, 0.3) is 28.1 Å². The number of rotatable bonds is 5. The monoisotopic (exact) mass is 375 g/mol. The van der Waals surface area contributed by atoms with Gasteiger partial charge in [0.25, 0.3) is 5.91 Å². The van der Waals surface area contributed by atoms with Gasteiger partial charge in [-0.25, -0.2) is 4.68 Å². The summed E-state index contributed by atoms with van der Waals surface area (Å²) in [5.41, 5.74) is 2.19. The highest BCUT2D eigenvalue weighted by Gasteiger charge is 2.22. The highest BCUT2D eigenvalue weighted by atomic mass is 16.5. The molecule has 0 aliphatic rings. The first kappa shape index (κ1) is 17.5. The Kier molecular flexibility index (Phi) is 4.63. The van der Waals surface area contributed by atoms with Gasteiger partial charge in [0.15, 0.2) is 5.76 Å². The zero-order valence-electron chi connectivity index (χ0n) is 15.1. The minimum absolute atomic E-state index is 0.231. The molecule has 0 radical (unpaired) electrons. The number of furan rings is 1. The predicted molar refractivity (Wildman–Crippen MR) is 103 cm³/mol. The van der Waals surface area contributed by atoms with Crippen molar-refractivity contribution < 1.29 is 18.7 Å². The van der Waals surface area contributed by atoms with E-state index in [-0.39, 0.29) is 6.54 Å². The van der Waals surface area contributed by atoms with Crippen molar-refractivity contribution in [2.45, 2.75) is 0 Å². The van der Waals surface area contributed by atoms with Crippen LogP contribution in [-0.2, 0) is 9.53 Å². The van der Waals surface area contributed by atoms with Crippen molar-refractivity contribution in [3.05, 3.63) is 72.4 Å². The van der Waals surface area contributed by atoms with Gasteiger partial charge in [0.1, 0.15) is 17.8 Å². The number of aromatic nitrogens is 2. The van der Waals surface area contributed by atoms with Gasteiger partial charge in [-0.05, 0) is 24.3 Å². The predicted octanol–water partition coefficient (Wildman–Crippen LogP) is 3.19. The van der Waals surface area contributed by atoms with E-state index in [2.05, 4.69) is 15.2 Å². The lowest BCUT2D eigenvalue weighted by Gasteiger charge is -2.02. The third kappa shape index (κ3) is 3.37. The number of hydrogen-bond donors (Lipinski definition) is 1. The molecule has 2 aromatic heterocycles. The minimum Gasteiger partial charge on any atom is -0.468 e. The van der Waals surface area contributed by atoms with Crippen LogP contribution < -0.4 is 5.32 Å². The number of nitrogens with one attached hydrogen (secondary N) is 1. The molecule has 0 fully saturated rings. The van der Waals surface area contributed by atoms with Crippen LogP contribution in [0.15, 0.2) is 71.3 Å². The van der Waals surface area contributed by atoms with Gasteiger partial charge >= 0.3 is 5.97 Å². The Morgan fingerprint density at radius 1 is 1.11 bits per heavy atom. The SMILES string of the molecule is COC(=O)CNC(=O)c1cn(-c2ccccc2)nc1-c1cc2ccccc2o1. The molecule has 0 bridgehead atoms. The van der Waals surface area contributed by atoms with E-state index in [1.165, 1.54) is 7.11 Å². The third-order valence-electron chi connectivity index (χ3n) is 4.26. The highest BCUT2D eigenvalue weighted by Crippen LogP contribution is 2.29. The first-order chi connectivity index (χ1) is 13.7. The number of methoxy groups -OCH3 is 1. The van der Waals surface area contributed by atoms with Gasteiger partial charge in [-0.1, -0.05) is 36.4 Å². The molecule has 0 unspecified atom stereocenters. The van der Waals surface area contributed by atoms with Crippen molar-refractivity contribution in [3.8, 4) is 17.1 Å². The molecule has 0 spiro atoms. The Morgan fingerprint density at radius 2 is 1.86 bits per heavy atom. The summed E-state index contributed by atoms with van der Waals surface area (Å²) in [5, 5.41) is 8.02. The summed E-state index contributed by atoms with van der Waals surface area (Å²) in [4.78, 5) is 24.1. The van der Waals surface area contributed by atoms with Crippen LogP contribution >= 0.6 is 0 Å². The van der Waals surface area contributed by atoms with Gasteiger partial charge in [-0.15, -0.1) is 0 Å². The average Bonchev–Trinajstić information content (AvgIpc) is 3.36. The zero-order valence-corrected chi connectivity index (χ0v) is 15.1. The number of nitrogens with zero attached hydrogens (tertiary/aromatic N) is 2. The first-order valence-corrected chi connectivity index (χ1v) is 8.65. The molecule has 1 N–H and O–H groups in total. The molecule has 140 valence electrons. The fourth-order valence-corrected chi connectivity index (χ4v) is 2.85. The summed E-state index contributed by atoms with van der Waals surface area (Å²) in [5.74, 6) is -0.503. The second-order valence-electron chi connectivity index (χ2n) is 6.08. The first-order valence-electron chi connectivity index (χ1n) is 8.65. The van der Waals surface area contributed by atoms with E-state index in [0.29, 0.717) is 22.6 Å². The Morgan fingerprint density at radius 3 is 2.61 bits per heavy atom. The quantitative estimate of drug-likeness (QED) is 0.542. The number of fused-ring (bicyclic) bond motifs is 1. The molecule has 0 aliphatic heterocycles. The van der Waals surface area contributed by atoms with E-state index in [0.717, 1.165) is 11.1 Å². The van der Waals surface area contributed by atoms with E-state index in [4.69, 9.17) is 4.42 Å².